The molecule has 9 heteroatoms. The highest BCUT2D eigenvalue weighted by atomic mass is 32.2. The third-order valence-corrected chi connectivity index (χ3v) is 5.43. The van der Waals surface area contributed by atoms with Crippen LogP contribution in [0.5, 0.6) is 0 Å². The topological polar surface area (TPSA) is 128 Å². The van der Waals surface area contributed by atoms with Crippen LogP contribution in [0.4, 0.5) is 0 Å². The molecule has 3 fully saturated rings. The van der Waals surface area contributed by atoms with Crippen LogP contribution in [0.15, 0.2) is 12.2 Å². The van der Waals surface area contributed by atoms with Crippen LogP contribution in [-0.2, 0) is 14.3 Å². The summed E-state index contributed by atoms with van der Waals surface area (Å²) in [7, 11) is 0. The summed E-state index contributed by atoms with van der Waals surface area (Å²) in [5, 5.41) is 34.8. The lowest BCUT2D eigenvalue weighted by atomic mass is 9.86. The lowest BCUT2D eigenvalue weighted by Crippen LogP contribution is -2.81. The average molecular weight is 346 g/mol. The van der Waals surface area contributed by atoms with Crippen molar-refractivity contribution in [2.75, 3.05) is 19.0 Å². The number of hydrogen-bond donors (Lipinski definition) is 5. The zero-order chi connectivity index (χ0) is 17.5. The minimum Gasteiger partial charge on any atom is -0.393 e. The fraction of sp³-hybridized carbons (Fsp3) is 0.714. The van der Waals surface area contributed by atoms with E-state index in [-0.39, 0.29) is 6.61 Å². The average Bonchev–Trinajstić information content (AvgIpc) is 2.49. The van der Waals surface area contributed by atoms with Crippen molar-refractivity contribution >= 4 is 23.6 Å². The molecule has 0 aromatic carbocycles. The summed E-state index contributed by atoms with van der Waals surface area (Å²) in [5.41, 5.74) is -3.72. The van der Waals surface area contributed by atoms with E-state index in [0.29, 0.717) is 17.7 Å². The van der Waals surface area contributed by atoms with E-state index in [1.54, 1.807) is 0 Å². The summed E-state index contributed by atoms with van der Waals surface area (Å²) < 4.78 is 5.45. The normalized spacial score (nSPS) is 34.9. The van der Waals surface area contributed by atoms with E-state index in [2.05, 4.69) is 17.2 Å². The molecule has 3 aliphatic rings. The first-order valence-electron chi connectivity index (χ1n) is 7.29. The Kier molecular flexibility index (Phi) is 4.80. The number of aliphatic hydroxyl groups excluding tert-OH is 2. The number of nitrogens with one attached hydrogen (secondary N) is 2. The molecule has 8 nitrogen and oxygen atoms in total. The molecule has 0 aliphatic carbocycles. The van der Waals surface area contributed by atoms with Gasteiger partial charge in [0.15, 0.2) is 4.87 Å². The molecule has 0 unspecified atom stereocenters. The summed E-state index contributed by atoms with van der Waals surface area (Å²) in [4.78, 5) is 24.0. The van der Waals surface area contributed by atoms with Crippen molar-refractivity contribution in [2.24, 2.45) is 0 Å². The number of hydrogen-bond acceptors (Lipinski definition) is 7. The smallest absolute Gasteiger partial charge is 0.278 e. The second-order valence-corrected chi connectivity index (χ2v) is 7.36. The van der Waals surface area contributed by atoms with E-state index in [1.165, 1.54) is 11.8 Å². The molecule has 0 radical (unpaired) electrons. The van der Waals surface area contributed by atoms with E-state index in [9.17, 15) is 24.9 Å². The molecule has 3 saturated heterocycles. The van der Waals surface area contributed by atoms with Gasteiger partial charge in [-0.15, -0.1) is 11.8 Å². The number of aliphatic hydroxyl groups is 3. The van der Waals surface area contributed by atoms with Gasteiger partial charge in [-0.2, -0.15) is 0 Å². The van der Waals surface area contributed by atoms with Gasteiger partial charge in [-0.3, -0.25) is 9.59 Å². The van der Waals surface area contributed by atoms with E-state index in [1.807, 2.05) is 6.92 Å². The molecule has 2 amide bonds. The maximum absolute atomic E-state index is 12.7. The Balaban J connectivity index is 2.48. The van der Waals surface area contributed by atoms with Gasteiger partial charge in [0.25, 0.3) is 17.5 Å². The van der Waals surface area contributed by atoms with Gasteiger partial charge in [-0.1, -0.05) is 13.5 Å². The molecule has 2 bridgehead atoms. The van der Waals surface area contributed by atoms with E-state index in [0.717, 1.165) is 6.92 Å². The molecular formula is C14H22N2O6S. The number of piperazine rings is 1. The number of carbonyl (C=O) groups is 2. The van der Waals surface area contributed by atoms with Gasteiger partial charge in [0.2, 0.25) is 0 Å². The van der Waals surface area contributed by atoms with Crippen molar-refractivity contribution < 1.29 is 29.6 Å². The first-order valence-corrected chi connectivity index (χ1v) is 8.27. The van der Waals surface area contributed by atoms with Crippen LogP contribution < -0.4 is 10.6 Å². The highest BCUT2D eigenvalue weighted by Gasteiger charge is 2.63. The lowest BCUT2D eigenvalue weighted by molar-refractivity contribution is -0.221. The highest BCUT2D eigenvalue weighted by molar-refractivity contribution is 8.01. The molecule has 0 aromatic heterocycles. The number of ether oxygens (including phenoxy) is 1. The van der Waals surface area contributed by atoms with Crippen molar-refractivity contribution in [3.05, 3.63) is 12.2 Å². The summed E-state index contributed by atoms with van der Waals surface area (Å²) in [6, 6.07) is 0. The van der Waals surface area contributed by atoms with Gasteiger partial charge < -0.3 is 30.7 Å². The molecule has 0 aromatic rings. The Morgan fingerprint density at radius 1 is 1.43 bits per heavy atom. The Hall–Kier alpha value is -1.13. The van der Waals surface area contributed by atoms with Crippen LogP contribution in [0.3, 0.4) is 0 Å². The Bertz CT molecular complexity index is 539. The SMILES string of the molecule is C=C1CCO[C@]2([C@@H](O)[C@@](C)(O)CO)NC(=O)[C@@]1(SCC)NC2=O. The summed E-state index contributed by atoms with van der Waals surface area (Å²) >= 11 is 1.21. The monoisotopic (exact) mass is 346 g/mol. The van der Waals surface area contributed by atoms with Crippen LogP contribution in [0.1, 0.15) is 20.3 Å². The molecule has 0 saturated carbocycles. The molecule has 0 spiro atoms. The predicted molar refractivity (Wildman–Crippen MR) is 83.3 cm³/mol. The van der Waals surface area contributed by atoms with Gasteiger partial charge in [0.05, 0.1) is 13.2 Å². The summed E-state index contributed by atoms with van der Waals surface area (Å²) in [6.45, 7) is 6.07. The molecule has 3 rings (SSSR count). The first kappa shape index (κ1) is 18.2. The first-order chi connectivity index (χ1) is 10.7. The van der Waals surface area contributed by atoms with Gasteiger partial charge in [-0.25, -0.2) is 0 Å². The van der Waals surface area contributed by atoms with Crippen molar-refractivity contribution in [2.45, 2.75) is 42.6 Å². The number of fused-ring (bicyclic) bond motifs is 5. The van der Waals surface area contributed by atoms with Crippen molar-refractivity contribution in [1.29, 1.82) is 0 Å². The van der Waals surface area contributed by atoms with Gasteiger partial charge in [-0.05, 0) is 24.7 Å². The predicted octanol–water partition coefficient (Wildman–Crippen LogP) is -1.54. The maximum atomic E-state index is 12.7. The Morgan fingerprint density at radius 3 is 2.65 bits per heavy atom. The second-order valence-electron chi connectivity index (χ2n) is 5.88. The third-order valence-electron chi connectivity index (χ3n) is 4.13. The van der Waals surface area contributed by atoms with Crippen molar-refractivity contribution in [1.82, 2.24) is 10.6 Å². The van der Waals surface area contributed by atoms with E-state index in [4.69, 9.17) is 4.74 Å². The quantitative estimate of drug-likeness (QED) is 0.382. The van der Waals surface area contributed by atoms with E-state index >= 15 is 0 Å². The lowest BCUT2D eigenvalue weighted by Gasteiger charge is -2.51. The largest absolute Gasteiger partial charge is 0.393 e. The molecule has 4 atom stereocenters. The molecular weight excluding hydrogens is 324 g/mol. The fourth-order valence-corrected chi connectivity index (χ4v) is 3.79. The summed E-state index contributed by atoms with van der Waals surface area (Å²) in [6.07, 6.45) is -1.56. The number of rotatable bonds is 5. The van der Waals surface area contributed by atoms with E-state index < -0.39 is 40.7 Å². The number of amides is 2. The fourth-order valence-electron chi connectivity index (χ4n) is 2.70. The minimum atomic E-state index is -2.16. The highest BCUT2D eigenvalue weighted by Crippen LogP contribution is 2.39. The van der Waals surface area contributed by atoms with Gasteiger partial charge in [0.1, 0.15) is 11.7 Å². The minimum absolute atomic E-state index is 0.0249. The summed E-state index contributed by atoms with van der Waals surface area (Å²) in [5.74, 6) is -0.820. The van der Waals surface area contributed by atoms with Crippen molar-refractivity contribution in [3.63, 3.8) is 0 Å². The van der Waals surface area contributed by atoms with Crippen molar-refractivity contribution in [3.8, 4) is 0 Å². The molecule has 130 valence electrons. The zero-order valence-corrected chi connectivity index (χ0v) is 13.9. The van der Waals surface area contributed by atoms with Gasteiger partial charge >= 0.3 is 0 Å². The maximum Gasteiger partial charge on any atom is 0.278 e. The number of thioether (sulfide) groups is 1. The van der Waals surface area contributed by atoms with Crippen LogP contribution in [0.2, 0.25) is 0 Å². The number of carbonyl (C=O) groups excluding carboxylic acids is 2. The molecule has 3 heterocycles. The standard InChI is InChI=1S/C14H22N2O6S/c1-4-23-14-8(2)5-6-22-13(10(19)16-14,15-11(14)20)9(18)12(3,21)7-17/h9,17-18,21H,2,4-7H2,1,3H3,(H,15,20)(H,16,19)/t9-,12-,13-,14+/m0/s1. The third kappa shape index (κ3) is 2.66. The Labute approximate surface area is 138 Å². The second kappa shape index (κ2) is 6.06. The Morgan fingerprint density at radius 2 is 2.09 bits per heavy atom. The molecule has 23 heavy (non-hydrogen) atoms. The van der Waals surface area contributed by atoms with Crippen LogP contribution in [0, 0.1) is 0 Å². The zero-order valence-electron chi connectivity index (χ0n) is 13.1. The van der Waals surface area contributed by atoms with Gasteiger partial charge in [0, 0.05) is 0 Å². The van der Waals surface area contributed by atoms with Crippen LogP contribution in [-0.4, -0.2) is 68.4 Å². The molecule has 5 N–H and O–H groups in total. The molecule has 3 aliphatic heterocycles. The van der Waals surface area contributed by atoms with Crippen LogP contribution >= 0.6 is 11.8 Å². The van der Waals surface area contributed by atoms with Crippen LogP contribution in [0.25, 0.3) is 0 Å².